The van der Waals surface area contributed by atoms with E-state index in [1.807, 2.05) is 36.4 Å². The highest BCUT2D eigenvalue weighted by Gasteiger charge is 2.27. The summed E-state index contributed by atoms with van der Waals surface area (Å²) in [6.45, 7) is 0.715. The second-order valence-electron chi connectivity index (χ2n) is 8.12. The zero-order chi connectivity index (χ0) is 23.0. The van der Waals surface area contributed by atoms with Crippen LogP contribution < -0.4 is 11.1 Å². The monoisotopic (exact) mass is 465 g/mol. The van der Waals surface area contributed by atoms with Crippen molar-refractivity contribution in [2.45, 2.75) is 30.7 Å². The summed E-state index contributed by atoms with van der Waals surface area (Å²) in [5.41, 5.74) is 1.15. The maximum Gasteiger partial charge on any atom is 0.420 e. The molecule has 0 saturated carbocycles. The predicted molar refractivity (Wildman–Crippen MR) is 126 cm³/mol. The Morgan fingerprint density at radius 2 is 1.73 bits per heavy atom. The average molecular weight is 466 g/mol. The number of piperidine rings is 1. The van der Waals surface area contributed by atoms with Crippen molar-refractivity contribution in [3.63, 3.8) is 0 Å². The van der Waals surface area contributed by atoms with Crippen molar-refractivity contribution >= 4 is 43.5 Å². The van der Waals surface area contributed by atoms with Crippen molar-refractivity contribution in [1.29, 1.82) is 0 Å². The van der Waals surface area contributed by atoms with Crippen LogP contribution >= 0.6 is 0 Å². The first-order chi connectivity index (χ1) is 15.9. The van der Waals surface area contributed by atoms with Crippen LogP contribution in [0.25, 0.3) is 21.9 Å². The van der Waals surface area contributed by atoms with E-state index in [9.17, 15) is 18.0 Å². The smallest absolute Gasteiger partial charge is 0.408 e. The highest BCUT2D eigenvalue weighted by Crippen LogP contribution is 2.25. The maximum atomic E-state index is 12.9. The quantitative estimate of drug-likeness (QED) is 0.486. The third-order valence-electron chi connectivity index (χ3n) is 5.96. The number of nitrogens with one attached hydrogen (secondary N) is 1. The molecule has 3 aromatic carbocycles. The number of oxazole rings is 1. The summed E-state index contributed by atoms with van der Waals surface area (Å²) in [6.07, 6.45) is 2.68. The summed E-state index contributed by atoms with van der Waals surface area (Å²) in [4.78, 5) is 25.3. The number of fused-ring (bicyclic) bond motifs is 2. The Labute approximate surface area is 190 Å². The molecule has 9 heteroatoms. The van der Waals surface area contributed by atoms with Gasteiger partial charge in [-0.1, -0.05) is 42.8 Å². The summed E-state index contributed by atoms with van der Waals surface area (Å²) >= 11 is 0. The zero-order valence-electron chi connectivity index (χ0n) is 17.9. The van der Waals surface area contributed by atoms with Gasteiger partial charge in [-0.25, -0.2) is 13.2 Å². The molecule has 1 aliphatic heterocycles. The van der Waals surface area contributed by atoms with Crippen molar-refractivity contribution in [2.75, 3.05) is 18.4 Å². The minimum atomic E-state index is -3.66. The Balaban J connectivity index is 1.41. The highest BCUT2D eigenvalue weighted by molar-refractivity contribution is 7.89. The fourth-order valence-corrected chi connectivity index (χ4v) is 5.81. The molecule has 1 aromatic heterocycles. The number of benzene rings is 3. The summed E-state index contributed by atoms with van der Waals surface area (Å²) < 4.78 is 33.8. The number of carbonyl (C=O) groups excluding carboxylic acids is 1. The van der Waals surface area contributed by atoms with Gasteiger partial charge in [-0.15, -0.1) is 0 Å². The molecule has 4 aromatic rings. The van der Waals surface area contributed by atoms with E-state index in [1.165, 1.54) is 27.1 Å². The molecule has 1 N–H and O–H groups in total. The molecule has 1 fully saturated rings. The number of anilines is 1. The van der Waals surface area contributed by atoms with Crippen molar-refractivity contribution in [1.82, 2.24) is 8.87 Å². The first-order valence-corrected chi connectivity index (χ1v) is 12.3. The Morgan fingerprint density at radius 3 is 2.55 bits per heavy atom. The third-order valence-corrected chi connectivity index (χ3v) is 7.85. The van der Waals surface area contributed by atoms with E-state index >= 15 is 0 Å². The highest BCUT2D eigenvalue weighted by atomic mass is 32.2. The first-order valence-electron chi connectivity index (χ1n) is 10.8. The summed E-state index contributed by atoms with van der Waals surface area (Å²) in [7, 11) is -3.66. The van der Waals surface area contributed by atoms with Gasteiger partial charge in [0.25, 0.3) is 0 Å². The van der Waals surface area contributed by atoms with Gasteiger partial charge in [-0.05, 0) is 36.4 Å². The molecule has 0 unspecified atom stereocenters. The fraction of sp³-hybridized carbons (Fsp3) is 0.250. The maximum absolute atomic E-state index is 12.9. The molecule has 1 amide bonds. The van der Waals surface area contributed by atoms with Crippen LogP contribution in [0.3, 0.4) is 0 Å². The molecular formula is C24H23N3O5S. The minimum absolute atomic E-state index is 0.0815. The lowest BCUT2D eigenvalue weighted by atomic mass is 10.1. The Hall–Kier alpha value is -3.43. The van der Waals surface area contributed by atoms with Crippen LogP contribution in [-0.4, -0.2) is 36.3 Å². The van der Waals surface area contributed by atoms with Crippen LogP contribution in [0.4, 0.5) is 5.69 Å². The van der Waals surface area contributed by atoms with E-state index in [-0.39, 0.29) is 22.9 Å². The lowest BCUT2D eigenvalue weighted by Gasteiger charge is -2.25. The van der Waals surface area contributed by atoms with Crippen molar-refractivity contribution in [2.24, 2.45) is 0 Å². The van der Waals surface area contributed by atoms with Gasteiger partial charge in [0.05, 0.1) is 10.4 Å². The van der Waals surface area contributed by atoms with Gasteiger partial charge in [-0.3, -0.25) is 9.36 Å². The van der Waals surface area contributed by atoms with Gasteiger partial charge in [0.2, 0.25) is 15.9 Å². The van der Waals surface area contributed by atoms with Gasteiger partial charge in [0.15, 0.2) is 5.58 Å². The molecule has 5 rings (SSSR count). The second kappa shape index (κ2) is 8.49. The SMILES string of the molecule is O=C(Cn1c(=O)oc2cc(S(=O)(=O)N3CCCCC3)ccc21)Nc1cccc2ccccc12. The van der Waals surface area contributed by atoms with Gasteiger partial charge < -0.3 is 9.73 Å². The Bertz CT molecular complexity index is 1510. The number of nitrogens with zero attached hydrogens (tertiary/aromatic N) is 2. The third kappa shape index (κ3) is 4.05. The number of rotatable bonds is 5. The molecule has 1 aliphatic rings. The van der Waals surface area contributed by atoms with Crippen LogP contribution in [0, 0.1) is 0 Å². The second-order valence-corrected chi connectivity index (χ2v) is 10.1. The Kier molecular flexibility index (Phi) is 5.51. The largest absolute Gasteiger partial charge is 0.420 e. The Morgan fingerprint density at radius 1 is 0.970 bits per heavy atom. The van der Waals surface area contributed by atoms with Gasteiger partial charge >= 0.3 is 5.76 Å². The molecule has 0 radical (unpaired) electrons. The molecular weight excluding hydrogens is 442 g/mol. The van der Waals surface area contributed by atoms with Crippen LogP contribution in [0.5, 0.6) is 0 Å². The van der Waals surface area contributed by atoms with Crippen LogP contribution in [0.15, 0.2) is 74.8 Å². The van der Waals surface area contributed by atoms with Crippen molar-refractivity contribution < 1.29 is 17.6 Å². The van der Waals surface area contributed by atoms with E-state index in [4.69, 9.17) is 4.42 Å². The van der Waals surface area contributed by atoms with Crippen molar-refractivity contribution in [3.8, 4) is 0 Å². The van der Waals surface area contributed by atoms with Gasteiger partial charge in [0.1, 0.15) is 6.54 Å². The van der Waals surface area contributed by atoms with Crippen LogP contribution in [0.2, 0.25) is 0 Å². The van der Waals surface area contributed by atoms with E-state index in [2.05, 4.69) is 5.32 Å². The lowest BCUT2D eigenvalue weighted by Crippen LogP contribution is -2.35. The molecule has 2 heterocycles. The molecule has 170 valence electrons. The molecule has 0 spiro atoms. The van der Waals surface area contributed by atoms with E-state index in [1.54, 1.807) is 6.07 Å². The summed E-state index contributed by atoms with van der Waals surface area (Å²) in [5, 5.41) is 4.73. The number of amides is 1. The summed E-state index contributed by atoms with van der Waals surface area (Å²) in [5.74, 6) is -1.10. The number of sulfonamides is 1. The molecule has 0 bridgehead atoms. The van der Waals surface area contributed by atoms with Gasteiger partial charge in [-0.2, -0.15) is 4.31 Å². The lowest BCUT2D eigenvalue weighted by molar-refractivity contribution is -0.116. The predicted octanol–water partition coefficient (Wildman–Crippen LogP) is 3.56. The molecule has 0 atom stereocenters. The van der Waals surface area contributed by atoms with Crippen LogP contribution in [-0.2, 0) is 21.4 Å². The van der Waals surface area contributed by atoms with Crippen molar-refractivity contribution in [3.05, 3.63) is 71.2 Å². The molecule has 0 aliphatic carbocycles. The van der Waals surface area contributed by atoms with E-state index < -0.39 is 15.8 Å². The first kappa shape index (κ1) is 21.4. The molecule has 1 saturated heterocycles. The standard InChI is InChI=1S/C24H23N3O5S/c28-23(25-20-10-6-8-17-7-2-3-9-19(17)20)16-27-21-12-11-18(15-22(21)32-24(27)29)33(30,31)26-13-4-1-5-14-26/h2-3,6-12,15H,1,4-5,13-14,16H2,(H,25,28). The normalized spacial score (nSPS) is 15.2. The van der Waals surface area contributed by atoms with E-state index in [0.29, 0.717) is 24.3 Å². The molecule has 8 nitrogen and oxygen atoms in total. The number of hydrogen-bond donors (Lipinski definition) is 1. The fourth-order valence-electron chi connectivity index (χ4n) is 4.28. The topological polar surface area (TPSA) is 102 Å². The molecule has 33 heavy (non-hydrogen) atoms. The minimum Gasteiger partial charge on any atom is -0.408 e. The zero-order valence-corrected chi connectivity index (χ0v) is 18.7. The van der Waals surface area contributed by atoms with E-state index in [0.717, 1.165) is 30.0 Å². The number of hydrogen-bond acceptors (Lipinski definition) is 5. The van der Waals surface area contributed by atoms with Crippen LogP contribution in [0.1, 0.15) is 19.3 Å². The van der Waals surface area contributed by atoms with Gasteiger partial charge in [0, 0.05) is 30.2 Å². The average Bonchev–Trinajstić information content (AvgIpc) is 3.14. The number of aromatic nitrogens is 1. The summed E-state index contributed by atoms with van der Waals surface area (Å²) in [6, 6.07) is 17.6. The number of carbonyl (C=O) groups is 1.